The van der Waals surface area contributed by atoms with Gasteiger partial charge in [0.25, 0.3) is 5.91 Å². The Bertz CT molecular complexity index is 1030. The number of para-hydroxylation sites is 1. The minimum Gasteiger partial charge on any atom is -0.454 e. The molecule has 0 radical (unpaired) electrons. The lowest BCUT2D eigenvalue weighted by Crippen LogP contribution is -2.23. The zero-order valence-electron chi connectivity index (χ0n) is 15.6. The number of benzene rings is 3. The molecule has 1 atom stereocenters. The summed E-state index contributed by atoms with van der Waals surface area (Å²) in [4.78, 5) is 25.2. The standard InChI is InChI=1S/C24H21NO3/c1-2-16-8-6-7-11-21(16)25-23(26)18-12-13-20-19(14-18)15-22(28-24(20)27)17-9-4-3-5-10-17/h3-14,22H,2,15H2,1H3,(H,25,26)/t22-/m0/s1. The van der Waals surface area contributed by atoms with E-state index < -0.39 is 0 Å². The third-order valence-electron chi connectivity index (χ3n) is 5.06. The van der Waals surface area contributed by atoms with Gasteiger partial charge in [-0.25, -0.2) is 4.79 Å². The summed E-state index contributed by atoms with van der Waals surface area (Å²) in [5.41, 5.74) is 4.74. The lowest BCUT2D eigenvalue weighted by molar-refractivity contribution is 0.0252. The molecule has 1 aliphatic heterocycles. The number of anilines is 1. The van der Waals surface area contributed by atoms with Crippen LogP contribution in [-0.2, 0) is 17.6 Å². The average Bonchev–Trinajstić information content (AvgIpc) is 2.74. The topological polar surface area (TPSA) is 55.4 Å². The summed E-state index contributed by atoms with van der Waals surface area (Å²) < 4.78 is 5.59. The first kappa shape index (κ1) is 18.0. The van der Waals surface area contributed by atoms with Crippen LogP contribution in [0.15, 0.2) is 72.8 Å². The van der Waals surface area contributed by atoms with Gasteiger partial charge in [-0.2, -0.15) is 0 Å². The van der Waals surface area contributed by atoms with E-state index in [0.717, 1.165) is 28.8 Å². The summed E-state index contributed by atoms with van der Waals surface area (Å²) in [7, 11) is 0. The van der Waals surface area contributed by atoms with E-state index >= 15 is 0 Å². The van der Waals surface area contributed by atoms with E-state index in [2.05, 4.69) is 12.2 Å². The second kappa shape index (κ2) is 7.69. The Labute approximate surface area is 164 Å². The van der Waals surface area contributed by atoms with Gasteiger partial charge in [0.05, 0.1) is 5.56 Å². The predicted molar refractivity (Wildman–Crippen MR) is 109 cm³/mol. The van der Waals surface area contributed by atoms with Crippen LogP contribution in [0.1, 0.15) is 50.4 Å². The van der Waals surface area contributed by atoms with Crippen LogP contribution in [0.4, 0.5) is 5.69 Å². The Morgan fingerprint density at radius 3 is 2.57 bits per heavy atom. The first-order chi connectivity index (χ1) is 13.7. The van der Waals surface area contributed by atoms with Gasteiger partial charge in [0.15, 0.2) is 0 Å². The van der Waals surface area contributed by atoms with Crippen molar-refractivity contribution in [1.82, 2.24) is 0 Å². The van der Waals surface area contributed by atoms with Crippen LogP contribution in [0.3, 0.4) is 0 Å². The highest BCUT2D eigenvalue weighted by Gasteiger charge is 2.28. The van der Waals surface area contributed by atoms with E-state index in [0.29, 0.717) is 17.5 Å². The van der Waals surface area contributed by atoms with Crippen molar-refractivity contribution >= 4 is 17.6 Å². The largest absolute Gasteiger partial charge is 0.454 e. The van der Waals surface area contributed by atoms with Crippen LogP contribution in [0.2, 0.25) is 0 Å². The summed E-state index contributed by atoms with van der Waals surface area (Å²) >= 11 is 0. The van der Waals surface area contributed by atoms with Gasteiger partial charge in [-0.05, 0) is 47.4 Å². The summed E-state index contributed by atoms with van der Waals surface area (Å²) in [6.07, 6.45) is 1.06. The van der Waals surface area contributed by atoms with Gasteiger partial charge in [-0.3, -0.25) is 4.79 Å². The van der Waals surface area contributed by atoms with Crippen LogP contribution in [0.5, 0.6) is 0 Å². The molecule has 0 aromatic heterocycles. The molecule has 0 unspecified atom stereocenters. The van der Waals surface area contributed by atoms with Gasteiger partial charge in [0, 0.05) is 17.7 Å². The Morgan fingerprint density at radius 2 is 1.79 bits per heavy atom. The molecule has 0 bridgehead atoms. The maximum Gasteiger partial charge on any atom is 0.339 e. The fourth-order valence-corrected chi connectivity index (χ4v) is 3.54. The van der Waals surface area contributed by atoms with E-state index in [1.165, 1.54) is 0 Å². The van der Waals surface area contributed by atoms with E-state index in [1.54, 1.807) is 18.2 Å². The zero-order chi connectivity index (χ0) is 19.5. The Hall–Kier alpha value is -3.40. The van der Waals surface area contributed by atoms with Gasteiger partial charge >= 0.3 is 5.97 Å². The normalized spacial score (nSPS) is 15.5. The molecule has 1 N–H and O–H groups in total. The average molecular weight is 371 g/mol. The monoisotopic (exact) mass is 371 g/mol. The molecular weight excluding hydrogens is 350 g/mol. The number of fused-ring (bicyclic) bond motifs is 1. The highest BCUT2D eigenvalue weighted by molar-refractivity contribution is 6.05. The van der Waals surface area contributed by atoms with E-state index in [-0.39, 0.29) is 18.0 Å². The number of aryl methyl sites for hydroxylation is 1. The second-order valence-corrected chi connectivity index (χ2v) is 6.85. The van der Waals surface area contributed by atoms with Crippen LogP contribution >= 0.6 is 0 Å². The van der Waals surface area contributed by atoms with Gasteiger partial charge in [-0.1, -0.05) is 55.5 Å². The summed E-state index contributed by atoms with van der Waals surface area (Å²) in [6, 6.07) is 22.6. The molecule has 28 heavy (non-hydrogen) atoms. The quantitative estimate of drug-likeness (QED) is 0.660. The number of amides is 1. The lowest BCUT2D eigenvalue weighted by Gasteiger charge is -2.25. The van der Waals surface area contributed by atoms with Crippen molar-refractivity contribution in [3.63, 3.8) is 0 Å². The molecule has 1 heterocycles. The lowest BCUT2D eigenvalue weighted by atomic mass is 9.93. The zero-order valence-corrected chi connectivity index (χ0v) is 15.6. The Balaban J connectivity index is 1.60. The maximum absolute atomic E-state index is 12.8. The van der Waals surface area contributed by atoms with Gasteiger partial charge in [-0.15, -0.1) is 0 Å². The summed E-state index contributed by atoms with van der Waals surface area (Å²) in [6.45, 7) is 2.05. The third kappa shape index (κ3) is 3.54. The smallest absolute Gasteiger partial charge is 0.339 e. The van der Waals surface area contributed by atoms with Crippen molar-refractivity contribution in [1.29, 1.82) is 0 Å². The van der Waals surface area contributed by atoms with E-state index in [1.807, 2.05) is 54.6 Å². The van der Waals surface area contributed by atoms with Gasteiger partial charge in [0.1, 0.15) is 6.10 Å². The van der Waals surface area contributed by atoms with Gasteiger partial charge < -0.3 is 10.1 Å². The minimum absolute atomic E-state index is 0.182. The maximum atomic E-state index is 12.8. The van der Waals surface area contributed by atoms with Crippen molar-refractivity contribution in [2.24, 2.45) is 0 Å². The number of carbonyl (C=O) groups is 2. The first-order valence-electron chi connectivity index (χ1n) is 9.44. The van der Waals surface area contributed by atoms with Crippen molar-refractivity contribution in [2.75, 3.05) is 5.32 Å². The molecule has 0 saturated heterocycles. The molecule has 3 aromatic carbocycles. The number of cyclic esters (lactones) is 1. The fourth-order valence-electron chi connectivity index (χ4n) is 3.54. The summed E-state index contributed by atoms with van der Waals surface area (Å²) in [5, 5.41) is 2.98. The van der Waals surface area contributed by atoms with E-state index in [4.69, 9.17) is 4.74 Å². The SMILES string of the molecule is CCc1ccccc1NC(=O)c1ccc2c(c1)C[C@@H](c1ccccc1)OC2=O. The van der Waals surface area contributed by atoms with Crippen molar-refractivity contribution < 1.29 is 14.3 Å². The van der Waals surface area contributed by atoms with Crippen LogP contribution in [0.25, 0.3) is 0 Å². The molecule has 0 saturated carbocycles. The number of hydrogen-bond donors (Lipinski definition) is 1. The highest BCUT2D eigenvalue weighted by atomic mass is 16.5. The molecule has 0 fully saturated rings. The Morgan fingerprint density at radius 1 is 1.04 bits per heavy atom. The Kier molecular flexibility index (Phi) is 4.94. The molecule has 4 heteroatoms. The molecule has 1 aliphatic rings. The number of hydrogen-bond acceptors (Lipinski definition) is 3. The number of rotatable bonds is 4. The van der Waals surface area contributed by atoms with Gasteiger partial charge in [0.2, 0.25) is 0 Å². The molecule has 0 aliphatic carbocycles. The van der Waals surface area contributed by atoms with Crippen molar-refractivity contribution in [3.05, 3.63) is 101 Å². The third-order valence-corrected chi connectivity index (χ3v) is 5.06. The van der Waals surface area contributed by atoms with Crippen LogP contribution in [-0.4, -0.2) is 11.9 Å². The molecule has 4 rings (SSSR count). The first-order valence-corrected chi connectivity index (χ1v) is 9.44. The van der Waals surface area contributed by atoms with Crippen LogP contribution in [0, 0.1) is 0 Å². The fraction of sp³-hybridized carbons (Fsp3) is 0.167. The highest BCUT2D eigenvalue weighted by Crippen LogP contribution is 2.31. The van der Waals surface area contributed by atoms with Crippen LogP contribution < -0.4 is 5.32 Å². The number of nitrogens with one attached hydrogen (secondary N) is 1. The van der Waals surface area contributed by atoms with E-state index in [9.17, 15) is 9.59 Å². The number of esters is 1. The number of carbonyl (C=O) groups excluding carboxylic acids is 2. The molecule has 0 spiro atoms. The second-order valence-electron chi connectivity index (χ2n) is 6.85. The summed E-state index contributed by atoms with van der Waals surface area (Å²) in [5.74, 6) is -0.530. The molecular formula is C24H21NO3. The number of ether oxygens (including phenoxy) is 1. The van der Waals surface area contributed by atoms with Crippen molar-refractivity contribution in [2.45, 2.75) is 25.9 Å². The minimum atomic E-state index is -0.349. The predicted octanol–water partition coefficient (Wildman–Crippen LogP) is 4.96. The molecule has 140 valence electrons. The molecule has 4 nitrogen and oxygen atoms in total. The van der Waals surface area contributed by atoms with Crippen molar-refractivity contribution in [3.8, 4) is 0 Å². The molecule has 1 amide bonds. The molecule has 3 aromatic rings.